The molecule has 3 aromatic rings. The number of phenolic OH excluding ortho intramolecular Hbond substituents is 2. The minimum absolute atomic E-state index is 0.0709. The number of rotatable bonds is 6. The lowest BCUT2D eigenvalue weighted by atomic mass is 9.96. The standard InChI is InChI=1S/C26H30O5/c1-7-30-20-13-22-24(25(28)18(20)11-9-15(4)5)26(29)23-17(10-8-14(2)3)16(6)19(27)12-21(23)31-22/h8-9,12-13,27-28H,7,10-11H2,1-6H3. The van der Waals surface area contributed by atoms with Crippen LogP contribution in [0.15, 0.2) is 44.6 Å². The van der Waals surface area contributed by atoms with Gasteiger partial charge in [0.05, 0.1) is 12.0 Å². The topological polar surface area (TPSA) is 79.9 Å². The van der Waals surface area contributed by atoms with Crippen molar-refractivity contribution in [1.82, 2.24) is 0 Å². The third-order valence-electron chi connectivity index (χ3n) is 5.38. The fraction of sp³-hybridized carbons (Fsp3) is 0.346. The Kier molecular flexibility index (Phi) is 6.44. The molecule has 5 nitrogen and oxygen atoms in total. The highest BCUT2D eigenvalue weighted by molar-refractivity contribution is 5.97. The first-order valence-corrected chi connectivity index (χ1v) is 10.5. The van der Waals surface area contributed by atoms with Gasteiger partial charge in [0, 0.05) is 17.7 Å². The predicted octanol–water partition coefficient (Wildman–Crippen LogP) is 6.08. The molecule has 3 rings (SSSR count). The number of aromatic hydroxyl groups is 2. The summed E-state index contributed by atoms with van der Waals surface area (Å²) in [6, 6.07) is 3.12. The van der Waals surface area contributed by atoms with Gasteiger partial charge >= 0.3 is 0 Å². The Bertz CT molecular complexity index is 1270. The second-order valence-electron chi connectivity index (χ2n) is 8.28. The third kappa shape index (κ3) is 4.31. The lowest BCUT2D eigenvalue weighted by molar-refractivity contribution is 0.334. The summed E-state index contributed by atoms with van der Waals surface area (Å²) in [5.74, 6) is 0.433. The molecule has 2 aromatic carbocycles. The fourth-order valence-corrected chi connectivity index (χ4v) is 3.68. The van der Waals surface area contributed by atoms with Crippen LogP contribution in [0.3, 0.4) is 0 Å². The monoisotopic (exact) mass is 422 g/mol. The highest BCUT2D eigenvalue weighted by atomic mass is 16.5. The molecule has 2 N–H and O–H groups in total. The van der Waals surface area contributed by atoms with E-state index in [9.17, 15) is 15.0 Å². The summed E-state index contributed by atoms with van der Waals surface area (Å²) < 4.78 is 11.8. The molecule has 0 fully saturated rings. The summed E-state index contributed by atoms with van der Waals surface area (Å²) in [7, 11) is 0. The lowest BCUT2D eigenvalue weighted by Gasteiger charge is -2.15. The largest absolute Gasteiger partial charge is 0.508 e. The van der Waals surface area contributed by atoms with Crippen LogP contribution in [0.1, 0.15) is 51.3 Å². The lowest BCUT2D eigenvalue weighted by Crippen LogP contribution is -2.09. The maximum atomic E-state index is 13.6. The Labute approximate surface area is 182 Å². The SMILES string of the molecule is CCOc1cc2oc3cc(O)c(C)c(CC=C(C)C)c3c(=O)c2c(O)c1CC=C(C)C. The van der Waals surface area contributed by atoms with Crippen LogP contribution in [-0.2, 0) is 12.8 Å². The van der Waals surface area contributed by atoms with Crippen molar-refractivity contribution < 1.29 is 19.4 Å². The first kappa shape index (κ1) is 22.5. The summed E-state index contributed by atoms with van der Waals surface area (Å²) in [6.07, 6.45) is 4.91. The van der Waals surface area contributed by atoms with Crippen LogP contribution < -0.4 is 10.2 Å². The van der Waals surface area contributed by atoms with E-state index in [2.05, 4.69) is 0 Å². The Morgan fingerprint density at radius 1 is 0.968 bits per heavy atom. The molecule has 1 heterocycles. The first-order valence-electron chi connectivity index (χ1n) is 10.5. The average Bonchev–Trinajstić information content (AvgIpc) is 2.68. The number of phenols is 2. The summed E-state index contributed by atoms with van der Waals surface area (Å²) in [5.41, 5.74) is 4.31. The van der Waals surface area contributed by atoms with Gasteiger partial charge < -0.3 is 19.4 Å². The van der Waals surface area contributed by atoms with Crippen LogP contribution in [0.25, 0.3) is 21.9 Å². The van der Waals surface area contributed by atoms with Gasteiger partial charge in [0.2, 0.25) is 5.43 Å². The molecule has 0 unspecified atom stereocenters. The normalized spacial score (nSPS) is 11.0. The molecule has 0 bridgehead atoms. The molecule has 0 saturated heterocycles. The summed E-state index contributed by atoms with van der Waals surface area (Å²) in [5, 5.41) is 22.1. The van der Waals surface area contributed by atoms with Crippen LogP contribution in [-0.4, -0.2) is 16.8 Å². The van der Waals surface area contributed by atoms with Gasteiger partial charge in [-0.15, -0.1) is 0 Å². The Morgan fingerprint density at radius 3 is 2.13 bits per heavy atom. The van der Waals surface area contributed by atoms with Crippen molar-refractivity contribution in [3.63, 3.8) is 0 Å². The first-order chi connectivity index (χ1) is 14.6. The van der Waals surface area contributed by atoms with Gasteiger partial charge in [-0.2, -0.15) is 0 Å². The van der Waals surface area contributed by atoms with Crippen molar-refractivity contribution in [2.45, 2.75) is 54.4 Å². The van der Waals surface area contributed by atoms with Crippen LogP contribution in [0.5, 0.6) is 17.2 Å². The quantitative estimate of drug-likeness (QED) is 0.372. The van der Waals surface area contributed by atoms with Gasteiger partial charge in [0.1, 0.15) is 33.8 Å². The van der Waals surface area contributed by atoms with Gasteiger partial charge in [0.25, 0.3) is 0 Å². The maximum Gasteiger partial charge on any atom is 0.204 e. The molecular weight excluding hydrogens is 392 g/mol. The zero-order chi connectivity index (χ0) is 22.9. The molecule has 5 heteroatoms. The number of ether oxygens (including phenoxy) is 1. The Morgan fingerprint density at radius 2 is 1.55 bits per heavy atom. The molecule has 31 heavy (non-hydrogen) atoms. The second kappa shape index (κ2) is 8.88. The molecule has 0 spiro atoms. The third-order valence-corrected chi connectivity index (χ3v) is 5.38. The zero-order valence-electron chi connectivity index (χ0n) is 19.0. The van der Waals surface area contributed by atoms with Gasteiger partial charge in [-0.3, -0.25) is 4.79 Å². The predicted molar refractivity (Wildman–Crippen MR) is 125 cm³/mol. The van der Waals surface area contributed by atoms with Gasteiger partial charge in [0.15, 0.2) is 0 Å². The molecule has 0 aliphatic heterocycles. The summed E-state index contributed by atoms with van der Waals surface area (Å²) in [6.45, 7) is 12.0. The summed E-state index contributed by atoms with van der Waals surface area (Å²) in [4.78, 5) is 13.6. The number of fused-ring (bicyclic) bond motifs is 2. The molecule has 0 atom stereocenters. The highest BCUT2D eigenvalue weighted by Crippen LogP contribution is 2.38. The number of allylic oxidation sites excluding steroid dienone is 4. The average molecular weight is 423 g/mol. The van der Waals surface area contributed by atoms with Crippen LogP contribution >= 0.6 is 0 Å². The Hall–Kier alpha value is -3.21. The number of hydrogen-bond donors (Lipinski definition) is 2. The van der Waals surface area contributed by atoms with Crippen molar-refractivity contribution >= 4 is 21.9 Å². The molecule has 1 aromatic heterocycles. The molecule has 0 radical (unpaired) electrons. The number of benzene rings is 2. The molecule has 0 aliphatic rings. The van der Waals surface area contributed by atoms with Crippen molar-refractivity contribution in [1.29, 1.82) is 0 Å². The van der Waals surface area contributed by atoms with E-state index in [0.717, 1.165) is 11.1 Å². The van der Waals surface area contributed by atoms with Gasteiger partial charge in [-0.25, -0.2) is 0 Å². The second-order valence-corrected chi connectivity index (χ2v) is 8.28. The van der Waals surface area contributed by atoms with Crippen LogP contribution in [0.4, 0.5) is 0 Å². The summed E-state index contributed by atoms with van der Waals surface area (Å²) >= 11 is 0. The van der Waals surface area contributed by atoms with E-state index in [1.807, 2.05) is 46.8 Å². The van der Waals surface area contributed by atoms with E-state index in [-0.39, 0.29) is 33.5 Å². The minimum Gasteiger partial charge on any atom is -0.508 e. The molecular formula is C26H30O5. The van der Waals surface area contributed by atoms with E-state index in [1.165, 1.54) is 6.07 Å². The molecule has 0 saturated carbocycles. The minimum atomic E-state index is -0.310. The van der Waals surface area contributed by atoms with Crippen molar-refractivity contribution in [2.75, 3.05) is 6.61 Å². The van der Waals surface area contributed by atoms with Gasteiger partial charge in [-0.05, 0) is 65.5 Å². The van der Waals surface area contributed by atoms with E-state index < -0.39 is 0 Å². The van der Waals surface area contributed by atoms with Crippen molar-refractivity contribution in [3.05, 3.63) is 62.3 Å². The highest BCUT2D eigenvalue weighted by Gasteiger charge is 2.22. The smallest absolute Gasteiger partial charge is 0.204 e. The molecule has 164 valence electrons. The van der Waals surface area contributed by atoms with E-state index >= 15 is 0 Å². The van der Waals surface area contributed by atoms with Crippen LogP contribution in [0.2, 0.25) is 0 Å². The van der Waals surface area contributed by atoms with E-state index in [1.54, 1.807) is 13.0 Å². The fourth-order valence-electron chi connectivity index (χ4n) is 3.68. The zero-order valence-corrected chi connectivity index (χ0v) is 19.0. The van der Waals surface area contributed by atoms with E-state index in [4.69, 9.17) is 9.15 Å². The van der Waals surface area contributed by atoms with Crippen molar-refractivity contribution in [3.8, 4) is 17.2 Å². The van der Waals surface area contributed by atoms with Crippen molar-refractivity contribution in [2.24, 2.45) is 0 Å². The van der Waals surface area contributed by atoms with Gasteiger partial charge in [-0.1, -0.05) is 23.3 Å². The molecule has 0 amide bonds. The van der Waals surface area contributed by atoms with Crippen LogP contribution in [0, 0.1) is 6.92 Å². The maximum absolute atomic E-state index is 13.6. The van der Waals surface area contributed by atoms with E-state index in [0.29, 0.717) is 47.3 Å². The Balaban J connectivity index is 2.44. The molecule has 0 aliphatic carbocycles. The number of hydrogen-bond acceptors (Lipinski definition) is 5.